The van der Waals surface area contributed by atoms with E-state index >= 15 is 0 Å². The number of benzene rings is 1. The maximum atomic E-state index is 13.0. The van der Waals surface area contributed by atoms with E-state index < -0.39 is 5.54 Å². The molecule has 0 heterocycles. The Bertz CT molecular complexity index is 462. The Kier molecular flexibility index (Phi) is 4.10. The number of carbonyl (C=O) groups is 1. The molecule has 0 aliphatic heterocycles. The Morgan fingerprint density at radius 2 is 1.95 bits per heavy atom. The zero-order chi connectivity index (χ0) is 14.0. The number of Topliss-reactive ketones (excluding diaryl/α,β-unsaturated/α-hetero) is 1. The Morgan fingerprint density at radius 3 is 2.42 bits per heavy atom. The summed E-state index contributed by atoms with van der Waals surface area (Å²) in [5, 5.41) is 0. The average Bonchev–Trinajstić information content (AvgIpc) is 2.35. The summed E-state index contributed by atoms with van der Waals surface area (Å²) in [6.07, 6.45) is 4.59. The number of nitrogens with zero attached hydrogens (tertiary/aromatic N) is 1. The van der Waals surface area contributed by atoms with Crippen molar-refractivity contribution in [2.45, 2.75) is 51.0 Å². The molecule has 1 atom stereocenters. The molecule has 1 unspecified atom stereocenters. The SMILES string of the molecule is CCC(C)(C(=O)c1ccccc1C1CCC1)N(C)C. The fraction of sp³-hybridized carbons (Fsp3) is 0.588. The summed E-state index contributed by atoms with van der Waals surface area (Å²) in [7, 11) is 3.99. The molecule has 0 aromatic heterocycles. The number of rotatable bonds is 5. The maximum Gasteiger partial charge on any atom is 0.183 e. The first-order chi connectivity index (χ1) is 9.00. The first-order valence-corrected chi connectivity index (χ1v) is 7.32. The molecular formula is C17H25NO. The largest absolute Gasteiger partial charge is 0.297 e. The Balaban J connectivity index is 2.38. The Morgan fingerprint density at radius 1 is 1.32 bits per heavy atom. The molecule has 0 saturated heterocycles. The minimum Gasteiger partial charge on any atom is -0.297 e. The van der Waals surface area contributed by atoms with Crippen LogP contribution in [0, 0.1) is 0 Å². The highest BCUT2D eigenvalue weighted by molar-refractivity contribution is 6.04. The van der Waals surface area contributed by atoms with Gasteiger partial charge in [0.05, 0.1) is 5.54 Å². The topological polar surface area (TPSA) is 20.3 Å². The third-order valence-electron chi connectivity index (χ3n) is 4.92. The molecule has 0 amide bonds. The maximum absolute atomic E-state index is 13.0. The van der Waals surface area contributed by atoms with Crippen molar-refractivity contribution >= 4 is 5.78 Å². The van der Waals surface area contributed by atoms with Gasteiger partial charge in [-0.15, -0.1) is 0 Å². The van der Waals surface area contributed by atoms with E-state index in [2.05, 4.69) is 19.1 Å². The lowest BCUT2D eigenvalue weighted by molar-refractivity contribution is 0.0708. The van der Waals surface area contributed by atoms with Crippen molar-refractivity contribution in [2.24, 2.45) is 0 Å². The van der Waals surface area contributed by atoms with Crippen LogP contribution in [-0.4, -0.2) is 30.3 Å². The summed E-state index contributed by atoms with van der Waals surface area (Å²) in [6.45, 7) is 4.14. The quantitative estimate of drug-likeness (QED) is 0.748. The lowest BCUT2D eigenvalue weighted by Crippen LogP contribution is -2.48. The highest BCUT2D eigenvalue weighted by atomic mass is 16.1. The molecule has 0 radical (unpaired) electrons. The molecule has 0 spiro atoms. The molecule has 1 aromatic rings. The van der Waals surface area contributed by atoms with Crippen molar-refractivity contribution in [3.63, 3.8) is 0 Å². The van der Waals surface area contributed by atoms with E-state index in [0.29, 0.717) is 5.92 Å². The van der Waals surface area contributed by atoms with E-state index in [1.54, 1.807) is 0 Å². The number of ketones is 1. The minimum absolute atomic E-state index is 0.266. The van der Waals surface area contributed by atoms with E-state index in [1.807, 2.05) is 38.1 Å². The van der Waals surface area contributed by atoms with E-state index in [1.165, 1.54) is 24.8 Å². The molecule has 2 rings (SSSR count). The first kappa shape index (κ1) is 14.3. The molecule has 104 valence electrons. The Labute approximate surface area is 116 Å². The standard InChI is InChI=1S/C17H25NO/c1-5-17(2,18(3)4)16(19)15-12-7-6-11-14(15)13-9-8-10-13/h6-7,11-13H,5,8-10H2,1-4H3. The van der Waals surface area contributed by atoms with Gasteiger partial charge in [-0.05, 0) is 51.8 Å². The van der Waals surface area contributed by atoms with Gasteiger partial charge in [-0.2, -0.15) is 0 Å². The third kappa shape index (κ3) is 2.46. The number of hydrogen-bond donors (Lipinski definition) is 0. The molecule has 2 nitrogen and oxygen atoms in total. The van der Waals surface area contributed by atoms with Crippen LogP contribution in [-0.2, 0) is 0 Å². The molecule has 1 aromatic carbocycles. The van der Waals surface area contributed by atoms with Gasteiger partial charge in [0.15, 0.2) is 5.78 Å². The molecule has 1 aliphatic rings. The third-order valence-corrected chi connectivity index (χ3v) is 4.92. The van der Waals surface area contributed by atoms with E-state index in [0.717, 1.165) is 12.0 Å². The summed E-state index contributed by atoms with van der Waals surface area (Å²) in [5.74, 6) is 0.867. The van der Waals surface area contributed by atoms with Crippen molar-refractivity contribution in [3.8, 4) is 0 Å². The molecule has 0 N–H and O–H groups in total. The van der Waals surface area contributed by atoms with Gasteiger partial charge >= 0.3 is 0 Å². The van der Waals surface area contributed by atoms with Crippen molar-refractivity contribution < 1.29 is 4.79 Å². The summed E-state index contributed by atoms with van der Waals surface area (Å²) >= 11 is 0. The van der Waals surface area contributed by atoms with Crippen molar-refractivity contribution in [3.05, 3.63) is 35.4 Å². The summed E-state index contributed by atoms with van der Waals surface area (Å²) < 4.78 is 0. The second-order valence-electron chi connectivity index (χ2n) is 6.07. The van der Waals surface area contributed by atoms with Crippen molar-refractivity contribution in [1.29, 1.82) is 0 Å². The summed E-state index contributed by atoms with van der Waals surface area (Å²) in [4.78, 5) is 15.0. The molecule has 1 saturated carbocycles. The summed E-state index contributed by atoms with van der Waals surface area (Å²) in [6, 6.07) is 8.20. The van der Waals surface area contributed by atoms with Gasteiger partial charge in [-0.25, -0.2) is 0 Å². The molecule has 2 heteroatoms. The van der Waals surface area contributed by atoms with Crippen LogP contribution in [0.3, 0.4) is 0 Å². The zero-order valence-electron chi connectivity index (χ0n) is 12.6. The van der Waals surface area contributed by atoms with Crippen LogP contribution >= 0.6 is 0 Å². The average molecular weight is 259 g/mol. The van der Waals surface area contributed by atoms with Gasteiger partial charge in [0.1, 0.15) is 0 Å². The smallest absolute Gasteiger partial charge is 0.183 e. The van der Waals surface area contributed by atoms with Crippen molar-refractivity contribution in [2.75, 3.05) is 14.1 Å². The lowest BCUT2D eigenvalue weighted by atomic mass is 9.75. The number of carbonyl (C=O) groups excluding carboxylic acids is 1. The molecule has 0 bridgehead atoms. The second kappa shape index (κ2) is 5.46. The van der Waals surface area contributed by atoms with Crippen LogP contribution in [0.2, 0.25) is 0 Å². The lowest BCUT2D eigenvalue weighted by Gasteiger charge is -2.36. The van der Waals surface area contributed by atoms with Gasteiger partial charge in [0.25, 0.3) is 0 Å². The van der Waals surface area contributed by atoms with Crippen LogP contribution in [0.5, 0.6) is 0 Å². The van der Waals surface area contributed by atoms with E-state index in [9.17, 15) is 4.79 Å². The van der Waals surface area contributed by atoms with Gasteiger partial charge in [-0.3, -0.25) is 9.69 Å². The molecule has 19 heavy (non-hydrogen) atoms. The summed E-state index contributed by atoms with van der Waals surface area (Å²) in [5.41, 5.74) is 1.80. The number of likely N-dealkylation sites (N-methyl/N-ethyl adjacent to an activating group) is 1. The molecule has 1 fully saturated rings. The molecule has 1 aliphatic carbocycles. The number of hydrogen-bond acceptors (Lipinski definition) is 2. The van der Waals surface area contributed by atoms with Gasteiger partial charge in [0, 0.05) is 5.56 Å². The minimum atomic E-state index is -0.403. The van der Waals surface area contributed by atoms with Gasteiger partial charge < -0.3 is 0 Å². The highest BCUT2D eigenvalue weighted by Crippen LogP contribution is 2.39. The highest BCUT2D eigenvalue weighted by Gasteiger charge is 2.36. The molecular weight excluding hydrogens is 234 g/mol. The van der Waals surface area contributed by atoms with Crippen LogP contribution in [0.4, 0.5) is 0 Å². The predicted molar refractivity (Wildman–Crippen MR) is 79.7 cm³/mol. The van der Waals surface area contributed by atoms with Crippen molar-refractivity contribution in [1.82, 2.24) is 4.90 Å². The normalized spacial score (nSPS) is 19.0. The second-order valence-corrected chi connectivity index (χ2v) is 6.07. The zero-order valence-corrected chi connectivity index (χ0v) is 12.6. The van der Waals surface area contributed by atoms with Gasteiger partial charge in [0.2, 0.25) is 0 Å². The fourth-order valence-corrected chi connectivity index (χ4v) is 2.75. The monoisotopic (exact) mass is 259 g/mol. The fourth-order valence-electron chi connectivity index (χ4n) is 2.75. The van der Waals surface area contributed by atoms with Crippen LogP contribution < -0.4 is 0 Å². The van der Waals surface area contributed by atoms with Crippen LogP contribution in [0.1, 0.15) is 61.4 Å². The van der Waals surface area contributed by atoms with Crippen LogP contribution in [0.25, 0.3) is 0 Å². The first-order valence-electron chi connectivity index (χ1n) is 7.32. The van der Waals surface area contributed by atoms with Crippen LogP contribution in [0.15, 0.2) is 24.3 Å². The van der Waals surface area contributed by atoms with E-state index in [4.69, 9.17) is 0 Å². The van der Waals surface area contributed by atoms with Gasteiger partial charge in [-0.1, -0.05) is 37.6 Å². The predicted octanol–water partition coefficient (Wildman–Crippen LogP) is 3.87. The Hall–Kier alpha value is -1.15. The van der Waals surface area contributed by atoms with E-state index in [-0.39, 0.29) is 5.78 Å².